The summed E-state index contributed by atoms with van der Waals surface area (Å²) in [5.74, 6) is 0.233. The Kier molecular flexibility index (Phi) is 6.09. The van der Waals surface area contributed by atoms with Gasteiger partial charge in [0.05, 0.1) is 11.4 Å². The zero-order valence-electron chi connectivity index (χ0n) is 16.4. The van der Waals surface area contributed by atoms with E-state index in [-0.39, 0.29) is 11.4 Å². The highest BCUT2D eigenvalue weighted by Gasteiger charge is 2.20. The molecule has 0 aliphatic rings. The van der Waals surface area contributed by atoms with Gasteiger partial charge in [0.15, 0.2) is 0 Å². The zero-order chi connectivity index (χ0) is 21.0. The molecule has 1 aromatic heterocycles. The molecular formula is C20H22N4O4S. The van der Waals surface area contributed by atoms with Crippen LogP contribution >= 0.6 is 0 Å². The Bertz CT molecular complexity index is 1140. The summed E-state index contributed by atoms with van der Waals surface area (Å²) in [6, 6.07) is 12.2. The van der Waals surface area contributed by atoms with Crippen LogP contribution in [0.5, 0.6) is 0 Å². The van der Waals surface area contributed by atoms with Crippen LogP contribution in [0.3, 0.4) is 0 Å². The maximum absolute atomic E-state index is 12.8. The number of para-hydroxylation sites is 1. The summed E-state index contributed by atoms with van der Waals surface area (Å²) in [5.41, 5.74) is 2.69. The van der Waals surface area contributed by atoms with E-state index in [2.05, 4.69) is 20.2 Å². The van der Waals surface area contributed by atoms with E-state index >= 15 is 0 Å². The van der Waals surface area contributed by atoms with Gasteiger partial charge >= 0.3 is 0 Å². The lowest BCUT2D eigenvalue weighted by Crippen LogP contribution is -2.33. The molecule has 0 spiro atoms. The minimum Gasteiger partial charge on any atom is -0.339 e. The molecule has 2 N–H and O–H groups in total. The van der Waals surface area contributed by atoms with E-state index in [0.717, 1.165) is 12.0 Å². The van der Waals surface area contributed by atoms with E-state index in [9.17, 15) is 13.2 Å². The molecular weight excluding hydrogens is 392 g/mol. The third kappa shape index (κ3) is 4.87. The molecule has 0 unspecified atom stereocenters. The Labute approximate surface area is 169 Å². The number of carbonyl (C=O) groups excluding carboxylic acids is 1. The highest BCUT2D eigenvalue weighted by molar-refractivity contribution is 7.89. The molecule has 1 heterocycles. The molecule has 0 radical (unpaired) electrons. The summed E-state index contributed by atoms with van der Waals surface area (Å²) in [7, 11) is -3.91. The number of nitrogens with one attached hydrogen (secondary N) is 2. The summed E-state index contributed by atoms with van der Waals surface area (Å²) < 4.78 is 32.8. The van der Waals surface area contributed by atoms with Crippen LogP contribution in [0.25, 0.3) is 11.4 Å². The van der Waals surface area contributed by atoms with Crippen LogP contribution in [0.2, 0.25) is 0 Å². The van der Waals surface area contributed by atoms with Crippen molar-refractivity contribution in [2.45, 2.75) is 32.1 Å². The van der Waals surface area contributed by atoms with Gasteiger partial charge in [-0.05, 0) is 36.6 Å². The molecule has 0 atom stereocenters. The van der Waals surface area contributed by atoms with Gasteiger partial charge in [0, 0.05) is 18.2 Å². The van der Waals surface area contributed by atoms with Gasteiger partial charge in [-0.15, -0.1) is 0 Å². The van der Waals surface area contributed by atoms with Gasteiger partial charge in [-0.3, -0.25) is 4.79 Å². The first-order chi connectivity index (χ1) is 13.8. The van der Waals surface area contributed by atoms with Gasteiger partial charge < -0.3 is 9.84 Å². The molecule has 0 bridgehead atoms. The molecule has 0 fully saturated rings. The second kappa shape index (κ2) is 8.54. The van der Waals surface area contributed by atoms with Gasteiger partial charge in [0.1, 0.15) is 0 Å². The van der Waals surface area contributed by atoms with E-state index in [1.807, 2.05) is 25.1 Å². The van der Waals surface area contributed by atoms with Crippen molar-refractivity contribution in [2.24, 2.45) is 0 Å². The van der Waals surface area contributed by atoms with Crippen molar-refractivity contribution in [1.82, 2.24) is 14.9 Å². The maximum Gasteiger partial charge on any atom is 0.241 e. The number of amides is 1. The number of carbonyl (C=O) groups is 1. The molecule has 0 saturated carbocycles. The predicted octanol–water partition coefficient (Wildman–Crippen LogP) is 2.83. The molecule has 0 aliphatic carbocycles. The molecule has 29 heavy (non-hydrogen) atoms. The van der Waals surface area contributed by atoms with Gasteiger partial charge in [-0.25, -0.2) is 13.1 Å². The molecule has 152 valence electrons. The number of hydrogen-bond acceptors (Lipinski definition) is 6. The average Bonchev–Trinajstić information content (AvgIpc) is 3.13. The highest BCUT2D eigenvalue weighted by Crippen LogP contribution is 2.23. The topological polar surface area (TPSA) is 114 Å². The molecule has 8 nitrogen and oxygen atoms in total. The number of rotatable bonds is 7. The summed E-state index contributed by atoms with van der Waals surface area (Å²) in [6.45, 7) is 4.93. The number of hydrogen-bond donors (Lipinski definition) is 2. The molecule has 2 aromatic carbocycles. The first-order valence-corrected chi connectivity index (χ1v) is 10.6. The molecule has 0 saturated heterocycles. The van der Waals surface area contributed by atoms with Crippen LogP contribution in [0.1, 0.15) is 23.9 Å². The molecule has 9 heteroatoms. The second-order valence-electron chi connectivity index (χ2n) is 6.50. The van der Waals surface area contributed by atoms with Crippen LogP contribution in [-0.2, 0) is 21.2 Å². The number of sulfonamides is 1. The van der Waals surface area contributed by atoms with E-state index in [4.69, 9.17) is 4.52 Å². The van der Waals surface area contributed by atoms with Gasteiger partial charge in [0.2, 0.25) is 27.6 Å². The number of aryl methyl sites for hydroxylation is 3. The van der Waals surface area contributed by atoms with Crippen molar-refractivity contribution in [3.05, 3.63) is 59.5 Å². The Morgan fingerprint density at radius 3 is 2.59 bits per heavy atom. The SMILES string of the molecule is CCc1ccccc1NC(=O)CNS(=O)(=O)c1cc(-c2noc(C)n2)ccc1C. The highest BCUT2D eigenvalue weighted by atomic mass is 32.2. The summed E-state index contributed by atoms with van der Waals surface area (Å²) in [6.07, 6.45) is 0.754. The number of anilines is 1. The smallest absolute Gasteiger partial charge is 0.241 e. The molecule has 3 rings (SSSR count). The van der Waals surface area contributed by atoms with Crippen molar-refractivity contribution in [3.63, 3.8) is 0 Å². The fourth-order valence-corrected chi connectivity index (χ4v) is 4.08. The van der Waals surface area contributed by atoms with Crippen molar-refractivity contribution in [1.29, 1.82) is 0 Å². The third-order valence-corrected chi connectivity index (χ3v) is 5.90. The molecule has 0 aliphatic heterocycles. The number of nitrogens with zero attached hydrogens (tertiary/aromatic N) is 2. The zero-order valence-corrected chi connectivity index (χ0v) is 17.2. The maximum atomic E-state index is 12.8. The van der Waals surface area contributed by atoms with Crippen molar-refractivity contribution in [3.8, 4) is 11.4 Å². The van der Waals surface area contributed by atoms with Crippen LogP contribution in [0, 0.1) is 13.8 Å². The summed E-state index contributed by atoms with van der Waals surface area (Å²) in [5, 5.41) is 6.55. The van der Waals surface area contributed by atoms with E-state index < -0.39 is 15.9 Å². The lowest BCUT2D eigenvalue weighted by atomic mass is 10.1. The van der Waals surface area contributed by atoms with E-state index in [1.54, 1.807) is 32.0 Å². The largest absolute Gasteiger partial charge is 0.339 e. The summed E-state index contributed by atoms with van der Waals surface area (Å²) >= 11 is 0. The van der Waals surface area contributed by atoms with E-state index in [1.165, 1.54) is 6.07 Å². The molecule has 3 aromatic rings. The Hall–Kier alpha value is -3.04. The quantitative estimate of drug-likeness (QED) is 0.614. The molecule has 1 amide bonds. The van der Waals surface area contributed by atoms with Crippen LogP contribution in [0.4, 0.5) is 5.69 Å². The van der Waals surface area contributed by atoms with Gasteiger partial charge in [-0.2, -0.15) is 4.98 Å². The fraction of sp³-hybridized carbons (Fsp3) is 0.250. The van der Waals surface area contributed by atoms with Crippen molar-refractivity contribution < 1.29 is 17.7 Å². The van der Waals surface area contributed by atoms with Crippen LogP contribution < -0.4 is 10.0 Å². The Morgan fingerprint density at radius 1 is 1.14 bits per heavy atom. The van der Waals surface area contributed by atoms with E-state index in [0.29, 0.717) is 28.5 Å². The predicted molar refractivity (Wildman–Crippen MR) is 109 cm³/mol. The lowest BCUT2D eigenvalue weighted by Gasteiger charge is -2.12. The normalized spacial score (nSPS) is 11.4. The average molecular weight is 414 g/mol. The first kappa shape index (κ1) is 20.7. The monoisotopic (exact) mass is 414 g/mol. The Morgan fingerprint density at radius 2 is 1.90 bits per heavy atom. The fourth-order valence-electron chi connectivity index (χ4n) is 2.83. The standard InChI is InChI=1S/C20H22N4O4S/c1-4-15-7-5-6-8-17(15)23-19(25)12-21-29(26,27)18-11-16(10-9-13(18)2)20-22-14(3)28-24-20/h5-11,21H,4,12H2,1-3H3,(H,23,25). The Balaban J connectivity index is 1.75. The summed E-state index contributed by atoms with van der Waals surface area (Å²) in [4.78, 5) is 16.4. The lowest BCUT2D eigenvalue weighted by molar-refractivity contribution is -0.115. The minimum atomic E-state index is -3.91. The van der Waals surface area contributed by atoms with Gasteiger partial charge in [-0.1, -0.05) is 42.4 Å². The van der Waals surface area contributed by atoms with Crippen LogP contribution in [-0.4, -0.2) is 31.0 Å². The minimum absolute atomic E-state index is 0.0548. The van der Waals surface area contributed by atoms with Crippen molar-refractivity contribution >= 4 is 21.6 Å². The second-order valence-corrected chi connectivity index (χ2v) is 8.24. The van der Waals surface area contributed by atoms with Crippen LogP contribution in [0.15, 0.2) is 51.9 Å². The number of aromatic nitrogens is 2. The first-order valence-electron chi connectivity index (χ1n) is 9.09. The van der Waals surface area contributed by atoms with Gasteiger partial charge in [0.25, 0.3) is 0 Å². The van der Waals surface area contributed by atoms with Crippen molar-refractivity contribution in [2.75, 3.05) is 11.9 Å². The number of benzene rings is 2. The third-order valence-electron chi connectivity index (χ3n) is 4.36.